The van der Waals surface area contributed by atoms with Crippen molar-refractivity contribution in [3.63, 3.8) is 0 Å². The lowest BCUT2D eigenvalue weighted by atomic mass is 10.2. The third-order valence-corrected chi connectivity index (χ3v) is 2.64. The molecule has 1 rings (SSSR count). The van der Waals surface area contributed by atoms with E-state index in [1.165, 1.54) is 6.07 Å². The number of halogens is 1. The lowest BCUT2D eigenvalue weighted by Crippen LogP contribution is -2.16. The fourth-order valence-corrected chi connectivity index (χ4v) is 1.75. The van der Waals surface area contributed by atoms with E-state index >= 15 is 0 Å². The van der Waals surface area contributed by atoms with Crippen molar-refractivity contribution in [3.8, 4) is 36.2 Å². The molecule has 0 radical (unpaired) electrons. The van der Waals surface area contributed by atoms with Crippen LogP contribution in [0.1, 0.15) is 16.8 Å². The molecule has 0 amide bonds. The number of terminal acetylenes is 2. The molecule has 124 valence electrons. The molecule has 0 unspecified atom stereocenters. The molecular weight excluding hydrogens is 340 g/mol. The summed E-state index contributed by atoms with van der Waals surface area (Å²) in [4.78, 5) is 33.5. The number of aliphatic carboxylic acids is 1. The number of hydrogen-bond donors (Lipinski definition) is 1. The van der Waals surface area contributed by atoms with Crippen LogP contribution in [-0.4, -0.2) is 36.2 Å². The standard InChI is InChI=1S/C16H11ClO7/c1-3-5-22-12-8-10(7-11(17)15(12)23-6-4-2)16(21)24-14(20)9-13(18)19/h1-2,7-8H,5-6,9H2,(H,18,19). The first kappa shape index (κ1) is 18.9. The second-order valence-corrected chi connectivity index (χ2v) is 4.51. The zero-order valence-electron chi connectivity index (χ0n) is 12.2. The molecule has 1 N–H and O–H groups in total. The fraction of sp³-hybridized carbons (Fsp3) is 0.188. The van der Waals surface area contributed by atoms with Crippen LogP contribution >= 0.6 is 11.6 Å². The van der Waals surface area contributed by atoms with Crippen molar-refractivity contribution < 1.29 is 33.7 Å². The molecule has 7 nitrogen and oxygen atoms in total. The third kappa shape index (κ3) is 5.56. The number of hydrogen-bond acceptors (Lipinski definition) is 6. The normalized spacial score (nSPS) is 9.29. The van der Waals surface area contributed by atoms with Crippen LogP contribution in [0.2, 0.25) is 5.02 Å². The molecule has 0 aromatic heterocycles. The molecular formula is C16H11ClO7. The van der Waals surface area contributed by atoms with Crippen LogP contribution in [0.5, 0.6) is 11.5 Å². The van der Waals surface area contributed by atoms with Gasteiger partial charge in [0.2, 0.25) is 0 Å². The molecule has 0 aliphatic heterocycles. The van der Waals surface area contributed by atoms with Gasteiger partial charge >= 0.3 is 17.9 Å². The Kier molecular flexibility index (Phi) is 7.15. The average molecular weight is 351 g/mol. The minimum atomic E-state index is -1.43. The maximum atomic E-state index is 11.9. The second-order valence-electron chi connectivity index (χ2n) is 4.10. The summed E-state index contributed by atoms with van der Waals surface area (Å²) in [6.07, 6.45) is 9.25. The van der Waals surface area contributed by atoms with Crippen LogP contribution < -0.4 is 9.47 Å². The molecule has 0 aliphatic carbocycles. The Morgan fingerprint density at radius 1 is 1.12 bits per heavy atom. The van der Waals surface area contributed by atoms with Gasteiger partial charge in [-0.3, -0.25) is 9.59 Å². The summed E-state index contributed by atoms with van der Waals surface area (Å²) in [6.45, 7) is -0.244. The molecule has 0 saturated heterocycles. The summed E-state index contributed by atoms with van der Waals surface area (Å²) in [5.41, 5.74) is -0.154. The van der Waals surface area contributed by atoms with Gasteiger partial charge in [-0.05, 0) is 12.1 Å². The van der Waals surface area contributed by atoms with Gasteiger partial charge in [0.05, 0.1) is 10.6 Å². The highest BCUT2D eigenvalue weighted by Crippen LogP contribution is 2.36. The Morgan fingerprint density at radius 3 is 2.33 bits per heavy atom. The third-order valence-electron chi connectivity index (χ3n) is 2.36. The average Bonchev–Trinajstić information content (AvgIpc) is 2.50. The van der Waals surface area contributed by atoms with Gasteiger partial charge in [-0.25, -0.2) is 4.79 Å². The van der Waals surface area contributed by atoms with Crippen LogP contribution in [-0.2, 0) is 14.3 Å². The Morgan fingerprint density at radius 2 is 1.75 bits per heavy atom. The van der Waals surface area contributed by atoms with Crippen LogP contribution in [0.4, 0.5) is 0 Å². The number of carbonyl (C=O) groups is 3. The number of carboxylic acids is 1. The summed E-state index contributed by atoms with van der Waals surface area (Å²) >= 11 is 6.00. The minimum Gasteiger partial charge on any atom is -0.481 e. The van der Waals surface area contributed by atoms with Gasteiger partial charge in [0.25, 0.3) is 0 Å². The molecule has 0 heterocycles. The summed E-state index contributed by atoms with van der Waals surface area (Å²) in [7, 11) is 0. The largest absolute Gasteiger partial charge is 0.481 e. The minimum absolute atomic E-state index is 0.0216. The first-order valence-corrected chi connectivity index (χ1v) is 6.69. The van der Waals surface area contributed by atoms with Crippen LogP contribution in [0.15, 0.2) is 12.1 Å². The van der Waals surface area contributed by atoms with E-state index in [9.17, 15) is 14.4 Å². The van der Waals surface area contributed by atoms with E-state index in [-0.39, 0.29) is 35.3 Å². The van der Waals surface area contributed by atoms with Gasteiger partial charge in [0, 0.05) is 0 Å². The van der Waals surface area contributed by atoms with Crippen LogP contribution in [0.25, 0.3) is 0 Å². The number of esters is 2. The predicted molar refractivity (Wildman–Crippen MR) is 82.8 cm³/mol. The monoisotopic (exact) mass is 350 g/mol. The van der Waals surface area contributed by atoms with Crippen molar-refractivity contribution in [2.45, 2.75) is 6.42 Å². The molecule has 0 aliphatic rings. The molecule has 0 spiro atoms. The van der Waals surface area contributed by atoms with Gasteiger partial charge in [0.1, 0.15) is 19.6 Å². The smallest absolute Gasteiger partial charge is 0.345 e. The van der Waals surface area contributed by atoms with Crippen molar-refractivity contribution in [1.29, 1.82) is 0 Å². The Balaban J connectivity index is 3.07. The van der Waals surface area contributed by atoms with E-state index in [1.54, 1.807) is 0 Å². The van der Waals surface area contributed by atoms with Gasteiger partial charge in [0.15, 0.2) is 11.5 Å². The molecule has 1 aromatic rings. The first-order chi connectivity index (χ1) is 11.4. The van der Waals surface area contributed by atoms with E-state index in [0.29, 0.717) is 0 Å². The van der Waals surface area contributed by atoms with Crippen molar-refractivity contribution in [2.75, 3.05) is 13.2 Å². The molecule has 0 atom stereocenters. The van der Waals surface area contributed by atoms with Gasteiger partial charge in [-0.1, -0.05) is 23.4 Å². The van der Waals surface area contributed by atoms with Gasteiger partial charge < -0.3 is 19.3 Å². The van der Waals surface area contributed by atoms with Crippen molar-refractivity contribution in [1.82, 2.24) is 0 Å². The molecule has 24 heavy (non-hydrogen) atoms. The van der Waals surface area contributed by atoms with E-state index in [4.69, 9.17) is 39.0 Å². The zero-order chi connectivity index (χ0) is 18.1. The zero-order valence-corrected chi connectivity index (χ0v) is 13.0. The highest BCUT2D eigenvalue weighted by atomic mass is 35.5. The van der Waals surface area contributed by atoms with Gasteiger partial charge in [-0.2, -0.15) is 0 Å². The van der Waals surface area contributed by atoms with Crippen molar-refractivity contribution in [3.05, 3.63) is 22.7 Å². The SMILES string of the molecule is C#CCOc1cc(C(=O)OC(=O)CC(=O)O)cc(Cl)c1OCC#C. The lowest BCUT2D eigenvalue weighted by molar-refractivity contribution is -0.147. The highest BCUT2D eigenvalue weighted by Gasteiger charge is 2.20. The van der Waals surface area contributed by atoms with Crippen LogP contribution in [0.3, 0.4) is 0 Å². The summed E-state index contributed by atoms with van der Waals surface area (Å²) < 4.78 is 14.8. The van der Waals surface area contributed by atoms with E-state index in [1.807, 2.05) is 0 Å². The second kappa shape index (κ2) is 9.09. The molecule has 0 saturated carbocycles. The molecule has 0 bridgehead atoms. The number of benzene rings is 1. The summed E-state index contributed by atoms with van der Waals surface area (Å²) in [5, 5.41) is 8.44. The summed E-state index contributed by atoms with van der Waals surface area (Å²) in [5.74, 6) is 0.805. The maximum Gasteiger partial charge on any atom is 0.345 e. The fourth-order valence-electron chi connectivity index (χ4n) is 1.49. The molecule has 8 heteroatoms. The van der Waals surface area contributed by atoms with Crippen molar-refractivity contribution in [2.24, 2.45) is 0 Å². The Bertz CT molecular complexity index is 740. The van der Waals surface area contributed by atoms with E-state index in [2.05, 4.69) is 16.6 Å². The lowest BCUT2D eigenvalue weighted by Gasteiger charge is -2.13. The Labute approximate surface area is 142 Å². The first-order valence-electron chi connectivity index (χ1n) is 6.32. The molecule has 0 fully saturated rings. The topological polar surface area (TPSA) is 99.1 Å². The Hall–Kier alpha value is -3.16. The quantitative estimate of drug-likeness (QED) is 0.452. The predicted octanol–water partition coefficient (Wildman–Crippen LogP) is 1.52. The number of carboxylic acid groups (broad SMARTS) is 1. The number of rotatable bonds is 7. The van der Waals surface area contributed by atoms with E-state index < -0.39 is 24.3 Å². The molecule has 1 aromatic carbocycles. The number of carbonyl (C=O) groups excluding carboxylic acids is 2. The van der Waals surface area contributed by atoms with Crippen LogP contribution in [0, 0.1) is 24.7 Å². The number of ether oxygens (including phenoxy) is 3. The van der Waals surface area contributed by atoms with E-state index in [0.717, 1.165) is 6.07 Å². The van der Waals surface area contributed by atoms with Crippen molar-refractivity contribution >= 4 is 29.5 Å². The van der Waals surface area contributed by atoms with Gasteiger partial charge in [-0.15, -0.1) is 12.8 Å². The maximum absolute atomic E-state index is 11.9. The summed E-state index contributed by atoms with van der Waals surface area (Å²) in [6, 6.07) is 2.35. The highest BCUT2D eigenvalue weighted by molar-refractivity contribution is 6.32.